The molecule has 0 saturated heterocycles. The molecule has 0 aromatic carbocycles. The summed E-state index contributed by atoms with van der Waals surface area (Å²) in [6, 6.07) is 15.0. The fraction of sp³-hybridized carbons (Fsp3) is 0.385. The van der Waals surface area contributed by atoms with Crippen LogP contribution in [0.4, 0.5) is 0 Å². The molecule has 0 unspecified atom stereocenters. The van der Waals surface area contributed by atoms with E-state index in [0.29, 0.717) is 0 Å². The monoisotopic (exact) mass is 587 g/mol. The molecule has 0 fully saturated rings. The van der Waals surface area contributed by atoms with Crippen LogP contribution in [0.3, 0.4) is 0 Å². The molecule has 8 bridgehead atoms. The lowest BCUT2D eigenvalue weighted by Crippen LogP contribution is -2.21. The molecule has 4 N–H and O–H groups in total. The van der Waals surface area contributed by atoms with Crippen LogP contribution < -0.4 is 21.4 Å². The standard InChI is InChI=1S/C39H49N5/c1-2-3-4-5-6-7-8-9-10-11-12-13-22-44-23-20-30(21-24-44)38-28-37-27-35-17-16-33(41-35)25-31-14-15-32(40-31)26-34-18-19-36(42-34)29-39(38)43-37/h14-21,23,25-29,40-43H,2-13,22,24H2,1H3. The zero-order valence-electron chi connectivity index (χ0n) is 26.4. The predicted octanol–water partition coefficient (Wildman–Crippen LogP) is 6.54. The molecule has 0 spiro atoms. The Morgan fingerprint density at radius 3 is 1.68 bits per heavy atom. The quantitative estimate of drug-likeness (QED) is 0.110. The maximum absolute atomic E-state index is 3.68. The maximum atomic E-state index is 3.68. The van der Waals surface area contributed by atoms with Crippen molar-refractivity contribution in [3.63, 3.8) is 0 Å². The second-order valence-electron chi connectivity index (χ2n) is 12.6. The molecular formula is C39H49N5. The van der Waals surface area contributed by atoms with E-state index in [1.54, 1.807) is 0 Å². The Kier molecular flexibility index (Phi) is 10.2. The van der Waals surface area contributed by atoms with Crippen LogP contribution in [-0.2, 0) is 0 Å². The molecule has 44 heavy (non-hydrogen) atoms. The van der Waals surface area contributed by atoms with Crippen LogP contribution in [-0.4, -0.2) is 37.9 Å². The van der Waals surface area contributed by atoms with Crippen LogP contribution in [0.25, 0.3) is 29.9 Å². The predicted molar refractivity (Wildman–Crippen MR) is 186 cm³/mol. The molecule has 5 nitrogen and oxygen atoms in total. The van der Waals surface area contributed by atoms with Crippen LogP contribution in [0.1, 0.15) is 112 Å². The summed E-state index contributed by atoms with van der Waals surface area (Å²) in [6.45, 7) is 4.39. The number of aromatic amines is 4. The maximum Gasteiger partial charge on any atom is 0.0485 e. The summed E-state index contributed by atoms with van der Waals surface area (Å²) in [5.41, 5.74) is 6.80. The van der Waals surface area contributed by atoms with Crippen molar-refractivity contribution in [3.8, 4) is 0 Å². The fourth-order valence-electron chi connectivity index (χ4n) is 6.43. The van der Waals surface area contributed by atoms with E-state index in [0.717, 1.165) is 57.3 Å². The number of allylic oxidation sites excluding steroid dienone is 2. The molecule has 0 radical (unpaired) electrons. The first-order valence-corrected chi connectivity index (χ1v) is 17.0. The first kappa shape index (κ1) is 29.9. The molecule has 0 saturated carbocycles. The van der Waals surface area contributed by atoms with Crippen LogP contribution in [0.2, 0.25) is 0 Å². The van der Waals surface area contributed by atoms with E-state index in [9.17, 15) is 0 Å². The average molecular weight is 588 g/mol. The molecule has 0 atom stereocenters. The van der Waals surface area contributed by atoms with Gasteiger partial charge < -0.3 is 24.8 Å². The van der Waals surface area contributed by atoms with Gasteiger partial charge in [0.25, 0.3) is 0 Å². The molecule has 6 rings (SSSR count). The summed E-state index contributed by atoms with van der Waals surface area (Å²) in [6.07, 6.45) is 32.4. The normalized spacial score (nSPS) is 14.0. The number of unbranched alkanes of at least 4 members (excludes halogenated alkanes) is 11. The molecule has 0 amide bonds. The Morgan fingerprint density at radius 1 is 0.568 bits per heavy atom. The van der Waals surface area contributed by atoms with Crippen LogP contribution >= 0.6 is 0 Å². The smallest absolute Gasteiger partial charge is 0.0485 e. The highest BCUT2D eigenvalue weighted by Gasteiger charge is 2.10. The highest BCUT2D eigenvalue weighted by atomic mass is 15.1. The van der Waals surface area contributed by atoms with Gasteiger partial charge in [-0.1, -0.05) is 83.6 Å². The Morgan fingerprint density at radius 2 is 1.11 bits per heavy atom. The highest BCUT2D eigenvalue weighted by molar-refractivity contribution is 5.76. The van der Waals surface area contributed by atoms with Crippen molar-refractivity contribution < 1.29 is 0 Å². The molecule has 230 valence electrons. The first-order valence-electron chi connectivity index (χ1n) is 17.0. The van der Waals surface area contributed by atoms with Gasteiger partial charge in [-0.2, -0.15) is 0 Å². The van der Waals surface area contributed by atoms with Crippen molar-refractivity contribution in [1.82, 2.24) is 24.8 Å². The molecule has 4 aromatic rings. The number of hydrogen-bond acceptors (Lipinski definition) is 1. The van der Waals surface area contributed by atoms with Crippen molar-refractivity contribution in [1.29, 1.82) is 0 Å². The van der Waals surface area contributed by atoms with Crippen molar-refractivity contribution in [2.75, 3.05) is 13.1 Å². The van der Waals surface area contributed by atoms with Gasteiger partial charge in [0.15, 0.2) is 0 Å². The second-order valence-corrected chi connectivity index (χ2v) is 12.6. The summed E-state index contributed by atoms with van der Waals surface area (Å²) in [4.78, 5) is 16.7. The third-order valence-corrected chi connectivity index (χ3v) is 8.92. The van der Waals surface area contributed by atoms with Crippen LogP contribution in [0.15, 0.2) is 60.8 Å². The third kappa shape index (κ3) is 8.28. The Balaban J connectivity index is 1.08. The van der Waals surface area contributed by atoms with Crippen molar-refractivity contribution in [3.05, 3.63) is 111 Å². The molecule has 2 aliphatic rings. The van der Waals surface area contributed by atoms with Gasteiger partial charge in [0.2, 0.25) is 0 Å². The molecule has 0 aliphatic carbocycles. The van der Waals surface area contributed by atoms with Gasteiger partial charge in [-0.05, 0) is 91.0 Å². The lowest BCUT2D eigenvalue weighted by molar-refractivity contribution is 0.392. The van der Waals surface area contributed by atoms with E-state index < -0.39 is 0 Å². The van der Waals surface area contributed by atoms with Crippen LogP contribution in [0.5, 0.6) is 0 Å². The van der Waals surface area contributed by atoms with E-state index in [1.165, 1.54) is 88.2 Å². The van der Waals surface area contributed by atoms with Gasteiger partial charge >= 0.3 is 0 Å². The first-order chi connectivity index (χ1) is 21.7. The minimum absolute atomic E-state index is 0.961. The fourth-order valence-corrected chi connectivity index (χ4v) is 6.43. The number of hydrogen-bond donors (Lipinski definition) is 4. The van der Waals surface area contributed by atoms with Gasteiger partial charge in [-0.15, -0.1) is 0 Å². The van der Waals surface area contributed by atoms with E-state index >= 15 is 0 Å². The van der Waals surface area contributed by atoms with Gasteiger partial charge in [0.1, 0.15) is 0 Å². The molecule has 4 aromatic heterocycles. The molecule has 2 aliphatic heterocycles. The average Bonchev–Trinajstić information content (AvgIpc) is 3.84. The number of rotatable bonds is 14. The zero-order chi connectivity index (χ0) is 30.0. The summed E-state index contributed by atoms with van der Waals surface area (Å²) < 4.78 is 0. The van der Waals surface area contributed by atoms with Crippen molar-refractivity contribution in [2.24, 2.45) is 0 Å². The van der Waals surface area contributed by atoms with Gasteiger partial charge in [0.05, 0.1) is 0 Å². The van der Waals surface area contributed by atoms with Gasteiger partial charge in [-0.3, -0.25) is 0 Å². The third-order valence-electron chi connectivity index (χ3n) is 8.92. The lowest BCUT2D eigenvalue weighted by atomic mass is 10.0. The minimum Gasteiger partial charge on any atom is -0.374 e. The molecular weight excluding hydrogens is 538 g/mol. The number of aromatic nitrogens is 4. The number of H-pyrrole nitrogens is 4. The SMILES string of the molecule is CCCCCCCCCCCCCCN1C=CC(c2cc3[nH]c2=Cc2ccc([nH]2)C=c2ccc([nH]2)=Cc2ccc([nH]2)C=3)=CC1. The summed E-state index contributed by atoms with van der Waals surface area (Å²) >= 11 is 0. The van der Waals surface area contributed by atoms with Crippen molar-refractivity contribution >= 4 is 29.9 Å². The van der Waals surface area contributed by atoms with E-state index in [-0.39, 0.29) is 0 Å². The van der Waals surface area contributed by atoms with Gasteiger partial charge in [-0.25, -0.2) is 0 Å². The molecule has 6 heterocycles. The summed E-state index contributed by atoms with van der Waals surface area (Å²) in [5, 5.41) is 4.34. The molecule has 5 heteroatoms. The lowest BCUT2D eigenvalue weighted by Gasteiger charge is -2.22. The number of nitrogens with zero attached hydrogens (tertiary/aromatic N) is 1. The number of nitrogens with one attached hydrogen (secondary N) is 4. The topological polar surface area (TPSA) is 66.4 Å². The Bertz CT molecular complexity index is 1800. The van der Waals surface area contributed by atoms with E-state index in [2.05, 4.69) is 117 Å². The zero-order valence-corrected chi connectivity index (χ0v) is 26.4. The van der Waals surface area contributed by atoms with Crippen LogP contribution in [0, 0.1) is 0 Å². The summed E-state index contributed by atoms with van der Waals surface area (Å²) in [7, 11) is 0. The van der Waals surface area contributed by atoms with E-state index in [4.69, 9.17) is 0 Å². The Labute approximate surface area is 261 Å². The highest BCUT2D eigenvalue weighted by Crippen LogP contribution is 2.18. The van der Waals surface area contributed by atoms with Gasteiger partial charge in [0, 0.05) is 62.8 Å². The largest absolute Gasteiger partial charge is 0.374 e. The number of fused-ring (bicyclic) bond motifs is 8. The van der Waals surface area contributed by atoms with Crippen molar-refractivity contribution in [2.45, 2.75) is 84.0 Å². The minimum atomic E-state index is 0.961. The summed E-state index contributed by atoms with van der Waals surface area (Å²) in [5.74, 6) is 0. The van der Waals surface area contributed by atoms with E-state index in [1.807, 2.05) is 0 Å². The Hall–Kier alpha value is -4.12. The second kappa shape index (κ2) is 15.1.